The lowest BCUT2D eigenvalue weighted by Gasteiger charge is -2.10. The maximum atomic E-state index is 13.7. The van der Waals surface area contributed by atoms with E-state index in [9.17, 15) is 8.78 Å². The highest BCUT2D eigenvalue weighted by Crippen LogP contribution is 2.26. The molecule has 108 valence electrons. The number of aryl methyl sites for hydroxylation is 2. The SMILES string of the molecule is CCn1nc(C)c(Br)c1CNc1cc(F)c(Br)cc1F. The van der Waals surface area contributed by atoms with Gasteiger partial charge in [-0.3, -0.25) is 4.68 Å². The second-order valence-corrected chi connectivity index (χ2v) is 5.91. The van der Waals surface area contributed by atoms with Crippen LogP contribution in [0.4, 0.5) is 14.5 Å². The lowest BCUT2D eigenvalue weighted by atomic mass is 10.3. The Hall–Kier alpha value is -0.950. The number of anilines is 1. The Morgan fingerprint density at radius 2 is 1.95 bits per heavy atom. The minimum absolute atomic E-state index is 0.108. The summed E-state index contributed by atoms with van der Waals surface area (Å²) in [6, 6.07) is 2.24. The van der Waals surface area contributed by atoms with E-state index in [0.717, 1.165) is 28.0 Å². The lowest BCUT2D eigenvalue weighted by molar-refractivity contribution is 0.594. The molecule has 0 spiro atoms. The van der Waals surface area contributed by atoms with Crippen molar-refractivity contribution in [1.29, 1.82) is 0 Å². The van der Waals surface area contributed by atoms with E-state index in [1.807, 2.05) is 18.5 Å². The van der Waals surface area contributed by atoms with Crippen LogP contribution in [-0.4, -0.2) is 9.78 Å². The topological polar surface area (TPSA) is 29.9 Å². The molecule has 1 N–H and O–H groups in total. The molecule has 0 radical (unpaired) electrons. The van der Waals surface area contributed by atoms with Gasteiger partial charge in [0.2, 0.25) is 0 Å². The Labute approximate surface area is 132 Å². The molecule has 7 heteroatoms. The lowest BCUT2D eigenvalue weighted by Crippen LogP contribution is -2.09. The molecule has 0 saturated heterocycles. The monoisotopic (exact) mass is 407 g/mol. The summed E-state index contributed by atoms with van der Waals surface area (Å²) in [5.74, 6) is -1.01. The minimum atomic E-state index is -0.506. The number of nitrogens with one attached hydrogen (secondary N) is 1. The van der Waals surface area contributed by atoms with Gasteiger partial charge in [-0.05, 0) is 51.8 Å². The molecule has 0 bridgehead atoms. The third kappa shape index (κ3) is 3.03. The van der Waals surface area contributed by atoms with Crippen molar-refractivity contribution in [3.8, 4) is 0 Å². The van der Waals surface area contributed by atoms with Crippen LogP contribution in [0.5, 0.6) is 0 Å². The van der Waals surface area contributed by atoms with Gasteiger partial charge in [0.25, 0.3) is 0 Å². The predicted molar refractivity (Wildman–Crippen MR) is 81.7 cm³/mol. The summed E-state index contributed by atoms with van der Waals surface area (Å²) >= 11 is 6.41. The summed E-state index contributed by atoms with van der Waals surface area (Å²) < 4.78 is 30.0. The fraction of sp³-hybridized carbons (Fsp3) is 0.308. The van der Waals surface area contributed by atoms with Crippen molar-refractivity contribution in [2.45, 2.75) is 26.9 Å². The molecule has 0 atom stereocenters. The number of aromatic nitrogens is 2. The van der Waals surface area contributed by atoms with E-state index >= 15 is 0 Å². The van der Waals surface area contributed by atoms with Crippen LogP contribution in [0.1, 0.15) is 18.3 Å². The summed E-state index contributed by atoms with van der Waals surface area (Å²) in [5, 5.41) is 7.25. The van der Waals surface area contributed by atoms with E-state index in [4.69, 9.17) is 0 Å². The molecule has 0 aliphatic rings. The summed E-state index contributed by atoms with van der Waals surface area (Å²) in [6.07, 6.45) is 0. The quantitative estimate of drug-likeness (QED) is 0.747. The molecule has 1 heterocycles. The largest absolute Gasteiger partial charge is 0.377 e. The second-order valence-electron chi connectivity index (χ2n) is 4.26. The molecule has 0 saturated carbocycles. The van der Waals surface area contributed by atoms with Crippen molar-refractivity contribution in [3.63, 3.8) is 0 Å². The minimum Gasteiger partial charge on any atom is -0.377 e. The molecular formula is C13H13Br2F2N3. The molecule has 0 fully saturated rings. The molecule has 1 aromatic heterocycles. The van der Waals surface area contributed by atoms with Crippen LogP contribution in [0.3, 0.4) is 0 Å². The maximum Gasteiger partial charge on any atom is 0.147 e. The maximum absolute atomic E-state index is 13.7. The van der Waals surface area contributed by atoms with E-state index in [-0.39, 0.29) is 10.2 Å². The molecule has 0 unspecified atom stereocenters. The fourth-order valence-electron chi connectivity index (χ4n) is 1.87. The highest BCUT2D eigenvalue weighted by molar-refractivity contribution is 9.10. The van der Waals surface area contributed by atoms with Crippen LogP contribution in [0.15, 0.2) is 21.1 Å². The van der Waals surface area contributed by atoms with E-state index < -0.39 is 11.6 Å². The van der Waals surface area contributed by atoms with Gasteiger partial charge >= 0.3 is 0 Å². The highest BCUT2D eigenvalue weighted by Gasteiger charge is 2.13. The number of rotatable bonds is 4. The predicted octanol–water partition coefficient (Wildman–Crippen LogP) is 4.63. The van der Waals surface area contributed by atoms with Crippen molar-refractivity contribution in [2.75, 3.05) is 5.32 Å². The van der Waals surface area contributed by atoms with Gasteiger partial charge in [0, 0.05) is 12.6 Å². The fourth-order valence-corrected chi connectivity index (χ4v) is 2.61. The van der Waals surface area contributed by atoms with Crippen LogP contribution in [0, 0.1) is 18.6 Å². The normalized spacial score (nSPS) is 10.9. The van der Waals surface area contributed by atoms with E-state index in [1.165, 1.54) is 0 Å². The van der Waals surface area contributed by atoms with Crippen LogP contribution in [0.25, 0.3) is 0 Å². The average molecular weight is 409 g/mol. The molecule has 0 amide bonds. The summed E-state index contributed by atoms with van der Waals surface area (Å²) in [7, 11) is 0. The van der Waals surface area contributed by atoms with Crippen LogP contribution in [0.2, 0.25) is 0 Å². The Morgan fingerprint density at radius 1 is 1.25 bits per heavy atom. The first kappa shape index (κ1) is 15.4. The Balaban J connectivity index is 2.23. The van der Waals surface area contributed by atoms with Gasteiger partial charge < -0.3 is 5.32 Å². The average Bonchev–Trinajstić information content (AvgIpc) is 2.68. The zero-order valence-electron chi connectivity index (χ0n) is 11.0. The van der Waals surface area contributed by atoms with Gasteiger partial charge in [-0.1, -0.05) is 0 Å². The van der Waals surface area contributed by atoms with Gasteiger partial charge in [0.15, 0.2) is 0 Å². The van der Waals surface area contributed by atoms with Gasteiger partial charge in [-0.15, -0.1) is 0 Å². The smallest absolute Gasteiger partial charge is 0.147 e. The molecule has 2 aromatic rings. The first-order chi connectivity index (χ1) is 9.43. The molecule has 20 heavy (non-hydrogen) atoms. The van der Waals surface area contributed by atoms with E-state index in [1.54, 1.807) is 0 Å². The van der Waals surface area contributed by atoms with Crippen molar-refractivity contribution in [2.24, 2.45) is 0 Å². The zero-order chi connectivity index (χ0) is 14.9. The molecule has 0 aliphatic heterocycles. The van der Waals surface area contributed by atoms with Gasteiger partial charge in [-0.2, -0.15) is 5.10 Å². The molecule has 2 rings (SSSR count). The van der Waals surface area contributed by atoms with Crippen molar-refractivity contribution in [3.05, 3.63) is 44.1 Å². The number of hydrogen-bond acceptors (Lipinski definition) is 2. The third-order valence-corrected chi connectivity index (χ3v) is 4.55. The van der Waals surface area contributed by atoms with Crippen molar-refractivity contribution in [1.82, 2.24) is 9.78 Å². The van der Waals surface area contributed by atoms with Gasteiger partial charge in [-0.25, -0.2) is 8.78 Å². The van der Waals surface area contributed by atoms with Gasteiger partial charge in [0.05, 0.1) is 32.6 Å². The Bertz CT molecular complexity index is 641. The molecular weight excluding hydrogens is 396 g/mol. The van der Waals surface area contributed by atoms with Crippen molar-refractivity contribution >= 4 is 37.5 Å². The Kier molecular flexibility index (Phi) is 4.80. The number of hydrogen-bond donors (Lipinski definition) is 1. The van der Waals surface area contributed by atoms with Crippen LogP contribution >= 0.6 is 31.9 Å². The molecule has 0 aliphatic carbocycles. The molecule has 1 aromatic carbocycles. The number of nitrogens with zero attached hydrogens (tertiary/aromatic N) is 2. The number of halogens is 4. The summed E-state index contributed by atoms with van der Waals surface area (Å²) in [5.41, 5.74) is 1.89. The highest BCUT2D eigenvalue weighted by atomic mass is 79.9. The molecule has 3 nitrogen and oxygen atoms in total. The zero-order valence-corrected chi connectivity index (χ0v) is 14.1. The third-order valence-electron chi connectivity index (χ3n) is 2.91. The van der Waals surface area contributed by atoms with Gasteiger partial charge in [0.1, 0.15) is 11.6 Å². The second kappa shape index (κ2) is 6.22. The first-order valence-corrected chi connectivity index (χ1v) is 7.62. The first-order valence-electron chi connectivity index (χ1n) is 6.04. The van der Waals surface area contributed by atoms with Crippen molar-refractivity contribution < 1.29 is 8.78 Å². The van der Waals surface area contributed by atoms with E-state index in [0.29, 0.717) is 13.1 Å². The Morgan fingerprint density at radius 3 is 2.60 bits per heavy atom. The summed E-state index contributed by atoms with van der Waals surface area (Å²) in [6.45, 7) is 4.93. The van der Waals surface area contributed by atoms with E-state index in [2.05, 4.69) is 42.3 Å². The number of benzene rings is 1. The summed E-state index contributed by atoms with van der Waals surface area (Å²) in [4.78, 5) is 0. The van der Waals surface area contributed by atoms with Crippen LogP contribution in [-0.2, 0) is 13.1 Å². The standard InChI is InChI=1S/C13H13Br2F2N3/c1-3-20-12(13(15)7(2)19-20)6-18-11-5-9(16)8(14)4-10(11)17/h4-5,18H,3,6H2,1-2H3. The van der Waals surface area contributed by atoms with Crippen LogP contribution < -0.4 is 5.32 Å².